The SMILES string of the molecule is O=C1/C(=C\c2ccc(Cl)cc2)N(c2ccccc2)C(=O)N1c1ccccc1. The highest BCUT2D eigenvalue weighted by atomic mass is 35.5. The summed E-state index contributed by atoms with van der Waals surface area (Å²) >= 11 is 5.95. The minimum Gasteiger partial charge on any atom is -0.266 e. The molecule has 1 aliphatic heterocycles. The Hall–Kier alpha value is -3.37. The number of carbonyl (C=O) groups excluding carboxylic acids is 2. The summed E-state index contributed by atoms with van der Waals surface area (Å²) < 4.78 is 0. The van der Waals surface area contributed by atoms with Crippen LogP contribution in [-0.2, 0) is 4.79 Å². The van der Waals surface area contributed by atoms with E-state index in [0.29, 0.717) is 16.4 Å². The topological polar surface area (TPSA) is 40.6 Å². The van der Waals surface area contributed by atoms with Crippen LogP contribution in [0.25, 0.3) is 6.08 Å². The smallest absolute Gasteiger partial charge is 0.266 e. The van der Waals surface area contributed by atoms with E-state index in [-0.39, 0.29) is 11.6 Å². The molecule has 3 aromatic rings. The lowest BCUT2D eigenvalue weighted by Gasteiger charge is -2.17. The van der Waals surface area contributed by atoms with Crippen LogP contribution < -0.4 is 9.80 Å². The first-order valence-electron chi connectivity index (χ1n) is 8.41. The number of hydrogen-bond acceptors (Lipinski definition) is 2. The monoisotopic (exact) mass is 374 g/mol. The quantitative estimate of drug-likeness (QED) is 0.457. The van der Waals surface area contributed by atoms with Crippen molar-refractivity contribution in [1.29, 1.82) is 0 Å². The third kappa shape index (κ3) is 3.23. The number of para-hydroxylation sites is 2. The van der Waals surface area contributed by atoms with Crippen LogP contribution in [0.2, 0.25) is 5.02 Å². The van der Waals surface area contributed by atoms with Gasteiger partial charge in [0, 0.05) is 5.02 Å². The molecule has 3 amide bonds. The van der Waals surface area contributed by atoms with E-state index in [4.69, 9.17) is 11.6 Å². The summed E-state index contributed by atoms with van der Waals surface area (Å²) in [5.41, 5.74) is 2.24. The summed E-state index contributed by atoms with van der Waals surface area (Å²) in [5, 5.41) is 0.608. The number of carbonyl (C=O) groups is 2. The van der Waals surface area contributed by atoms with Crippen molar-refractivity contribution in [3.05, 3.63) is 101 Å². The number of amides is 3. The van der Waals surface area contributed by atoms with Crippen molar-refractivity contribution in [2.75, 3.05) is 9.80 Å². The van der Waals surface area contributed by atoms with E-state index >= 15 is 0 Å². The van der Waals surface area contributed by atoms with Gasteiger partial charge in [0.1, 0.15) is 5.70 Å². The molecule has 1 saturated heterocycles. The first kappa shape index (κ1) is 17.1. The van der Waals surface area contributed by atoms with E-state index in [1.165, 1.54) is 9.80 Å². The van der Waals surface area contributed by atoms with Gasteiger partial charge < -0.3 is 0 Å². The van der Waals surface area contributed by atoms with Crippen LogP contribution >= 0.6 is 11.6 Å². The third-order valence-corrected chi connectivity index (χ3v) is 4.50. The Balaban J connectivity index is 1.84. The molecule has 0 spiro atoms. The molecule has 0 bridgehead atoms. The van der Waals surface area contributed by atoms with Crippen molar-refractivity contribution < 1.29 is 9.59 Å². The molecule has 0 radical (unpaired) electrons. The second-order valence-corrected chi connectivity index (χ2v) is 6.45. The lowest BCUT2D eigenvalue weighted by molar-refractivity contribution is -0.113. The van der Waals surface area contributed by atoms with E-state index in [0.717, 1.165) is 5.56 Å². The second-order valence-electron chi connectivity index (χ2n) is 6.01. The number of benzene rings is 3. The van der Waals surface area contributed by atoms with E-state index in [1.54, 1.807) is 66.7 Å². The molecule has 4 rings (SSSR count). The Bertz CT molecular complexity index is 1020. The summed E-state index contributed by atoms with van der Waals surface area (Å²) in [5.74, 6) is -0.370. The van der Waals surface area contributed by atoms with Gasteiger partial charge in [0.2, 0.25) is 0 Å². The molecule has 0 aromatic heterocycles. The average Bonchev–Trinajstić information content (AvgIpc) is 2.95. The predicted molar refractivity (Wildman–Crippen MR) is 108 cm³/mol. The number of halogens is 1. The van der Waals surface area contributed by atoms with Gasteiger partial charge in [0.05, 0.1) is 11.4 Å². The molecule has 0 N–H and O–H groups in total. The zero-order chi connectivity index (χ0) is 18.8. The maximum Gasteiger partial charge on any atom is 0.340 e. The van der Waals surface area contributed by atoms with Crippen LogP contribution in [0.1, 0.15) is 5.56 Å². The Kier molecular flexibility index (Phi) is 4.48. The van der Waals surface area contributed by atoms with Gasteiger partial charge in [-0.2, -0.15) is 0 Å². The maximum atomic E-state index is 13.1. The molecule has 4 nitrogen and oxygen atoms in total. The summed E-state index contributed by atoms with van der Waals surface area (Å²) in [6.07, 6.45) is 1.70. The molecule has 27 heavy (non-hydrogen) atoms. The van der Waals surface area contributed by atoms with E-state index in [9.17, 15) is 9.59 Å². The van der Waals surface area contributed by atoms with Crippen LogP contribution in [0.15, 0.2) is 90.6 Å². The normalized spacial score (nSPS) is 15.7. The lowest BCUT2D eigenvalue weighted by atomic mass is 10.1. The van der Waals surface area contributed by atoms with Crippen LogP contribution in [0.4, 0.5) is 16.2 Å². The highest BCUT2D eigenvalue weighted by molar-refractivity contribution is 6.35. The van der Waals surface area contributed by atoms with E-state index in [1.807, 2.05) is 24.3 Å². The highest BCUT2D eigenvalue weighted by Gasteiger charge is 2.42. The minimum absolute atomic E-state index is 0.289. The molecule has 132 valence electrons. The average molecular weight is 375 g/mol. The van der Waals surface area contributed by atoms with Crippen molar-refractivity contribution in [1.82, 2.24) is 0 Å². The summed E-state index contributed by atoms with van der Waals surface area (Å²) in [4.78, 5) is 28.9. The third-order valence-electron chi connectivity index (χ3n) is 4.25. The zero-order valence-corrected chi connectivity index (χ0v) is 15.0. The molecular formula is C22H15ClN2O2. The van der Waals surface area contributed by atoms with E-state index < -0.39 is 6.03 Å². The van der Waals surface area contributed by atoms with Crippen molar-refractivity contribution in [3.8, 4) is 0 Å². The van der Waals surface area contributed by atoms with Crippen LogP contribution in [0.3, 0.4) is 0 Å². The number of urea groups is 1. The minimum atomic E-state index is -0.405. The van der Waals surface area contributed by atoms with Gasteiger partial charge >= 0.3 is 6.03 Å². The summed E-state index contributed by atoms with van der Waals surface area (Å²) in [6.45, 7) is 0. The Labute approximate surface area is 161 Å². The van der Waals surface area contributed by atoms with Crippen LogP contribution in [0, 0.1) is 0 Å². The summed E-state index contributed by atoms with van der Waals surface area (Å²) in [6, 6.07) is 24.7. The molecule has 0 aliphatic carbocycles. The number of anilines is 2. The fourth-order valence-electron chi connectivity index (χ4n) is 2.97. The number of hydrogen-bond donors (Lipinski definition) is 0. The predicted octanol–water partition coefficient (Wildman–Crippen LogP) is 5.35. The van der Waals surface area contributed by atoms with Gasteiger partial charge in [-0.3, -0.25) is 9.69 Å². The summed E-state index contributed by atoms with van der Waals surface area (Å²) in [7, 11) is 0. The van der Waals surface area contributed by atoms with Gasteiger partial charge in [-0.25, -0.2) is 9.69 Å². The number of nitrogens with zero attached hydrogens (tertiary/aromatic N) is 2. The molecular weight excluding hydrogens is 360 g/mol. The fraction of sp³-hybridized carbons (Fsp3) is 0. The fourth-order valence-corrected chi connectivity index (χ4v) is 3.10. The van der Waals surface area contributed by atoms with Crippen molar-refractivity contribution >= 4 is 41.0 Å². The van der Waals surface area contributed by atoms with Crippen LogP contribution in [0.5, 0.6) is 0 Å². The molecule has 0 unspecified atom stereocenters. The first-order chi connectivity index (χ1) is 13.1. The second kappa shape index (κ2) is 7.09. The van der Waals surface area contributed by atoms with Crippen molar-refractivity contribution in [3.63, 3.8) is 0 Å². The molecule has 3 aromatic carbocycles. The molecule has 1 fully saturated rings. The van der Waals surface area contributed by atoms with Crippen LogP contribution in [-0.4, -0.2) is 11.9 Å². The van der Waals surface area contributed by atoms with E-state index in [2.05, 4.69) is 0 Å². The molecule has 1 aliphatic rings. The van der Waals surface area contributed by atoms with Gasteiger partial charge in [-0.05, 0) is 48.0 Å². The molecule has 0 atom stereocenters. The molecule has 0 saturated carbocycles. The lowest BCUT2D eigenvalue weighted by Crippen LogP contribution is -2.32. The first-order valence-corrected chi connectivity index (χ1v) is 8.79. The standard InChI is InChI=1S/C22H15ClN2O2/c23-17-13-11-16(12-14-17)15-20-21(26)25(19-9-5-2-6-10-19)22(27)24(20)18-7-3-1-4-8-18/h1-15H/b20-15+. The highest BCUT2D eigenvalue weighted by Crippen LogP contribution is 2.33. The number of imide groups is 1. The van der Waals surface area contributed by atoms with Gasteiger partial charge in [-0.15, -0.1) is 0 Å². The Morgan fingerprint density at radius 3 is 1.74 bits per heavy atom. The largest absolute Gasteiger partial charge is 0.340 e. The van der Waals surface area contributed by atoms with Crippen molar-refractivity contribution in [2.45, 2.75) is 0 Å². The number of rotatable bonds is 3. The Morgan fingerprint density at radius 1 is 0.667 bits per heavy atom. The maximum absolute atomic E-state index is 13.1. The van der Waals surface area contributed by atoms with Crippen molar-refractivity contribution in [2.24, 2.45) is 0 Å². The van der Waals surface area contributed by atoms with Gasteiger partial charge in [0.15, 0.2) is 0 Å². The Morgan fingerprint density at radius 2 is 1.19 bits per heavy atom. The molecule has 1 heterocycles. The van der Waals surface area contributed by atoms with Gasteiger partial charge in [0.25, 0.3) is 5.91 Å². The molecule has 5 heteroatoms. The zero-order valence-electron chi connectivity index (χ0n) is 14.2. The van der Waals surface area contributed by atoms with Gasteiger partial charge in [-0.1, -0.05) is 60.1 Å².